The lowest BCUT2D eigenvalue weighted by Crippen LogP contribution is -3.87. The van der Waals surface area contributed by atoms with Gasteiger partial charge in [-0.05, 0) is 61.4 Å². The van der Waals surface area contributed by atoms with E-state index in [2.05, 4.69) is 69.3 Å². The van der Waals surface area contributed by atoms with Crippen LogP contribution in [0, 0.1) is 7.14 Å². The van der Waals surface area contributed by atoms with Gasteiger partial charge < -0.3 is 9.47 Å². The van der Waals surface area contributed by atoms with Gasteiger partial charge in [-0.25, -0.2) is 0 Å². The zero-order chi connectivity index (χ0) is 24.3. The maximum absolute atomic E-state index is 5.94. The molecule has 0 spiro atoms. The van der Waals surface area contributed by atoms with E-state index >= 15 is 0 Å². The average Bonchev–Trinajstić information content (AvgIpc) is 2.85. The van der Waals surface area contributed by atoms with E-state index in [1.165, 1.54) is 84.2 Å². The Morgan fingerprint density at radius 2 is 0.882 bits per heavy atom. The third kappa shape index (κ3) is 14.2. The summed E-state index contributed by atoms with van der Waals surface area (Å²) < 4.78 is 15.8. The molecule has 0 fully saturated rings. The highest BCUT2D eigenvalue weighted by Gasteiger charge is 2.35. The molecule has 0 amide bonds. The number of alkyl halides is 2. The quantitative estimate of drug-likeness (QED) is 0.121. The van der Waals surface area contributed by atoms with Gasteiger partial charge in [-0.2, -0.15) is 0 Å². The highest BCUT2D eigenvalue weighted by molar-refractivity contribution is 5.21. The Morgan fingerprint density at radius 3 is 1.26 bits per heavy atom. The predicted octanol–water partition coefficient (Wildman–Crippen LogP) is 2.73. The summed E-state index contributed by atoms with van der Waals surface area (Å²) in [6.07, 6.45) is 15.7. The first-order chi connectivity index (χ1) is 16.7. The lowest BCUT2D eigenvalue weighted by molar-refractivity contribution is -0.876. The Bertz CT molecular complexity index is 667. The fourth-order valence-electron chi connectivity index (χ4n) is 3.72. The molecule has 0 aliphatic rings. The molecule has 0 aromatic heterocycles. The van der Waals surface area contributed by atoms with Gasteiger partial charge in [0.1, 0.15) is 11.5 Å². The van der Waals surface area contributed by atoms with Gasteiger partial charge in [-0.15, -0.1) is 0 Å². The Labute approximate surface area is 230 Å². The number of rotatable bonds is 20. The van der Waals surface area contributed by atoms with Gasteiger partial charge in [0.2, 0.25) is 0 Å². The molecule has 0 atom stereocenters. The van der Waals surface area contributed by atoms with E-state index in [1.807, 2.05) is 0 Å². The fourth-order valence-corrected chi connectivity index (χ4v) is 11.8. The highest BCUT2D eigenvalue weighted by Crippen LogP contribution is 2.12. The van der Waals surface area contributed by atoms with Crippen LogP contribution in [-0.2, 0) is 0 Å². The Hall–Kier alpha value is -0.500. The van der Waals surface area contributed by atoms with E-state index in [4.69, 9.17) is 9.47 Å². The number of hydrogen-bond donors (Lipinski definition) is 0. The molecule has 0 radical (unpaired) electrons. The third-order valence-corrected chi connectivity index (χ3v) is 13.5. The fraction of sp³-hybridized carbons (Fsp3) is 0.600. The first-order valence-corrected chi connectivity index (χ1v) is 18.1. The normalized spacial score (nSPS) is 11.2. The minimum atomic E-state index is 0.0345. The molecule has 0 heterocycles. The highest BCUT2D eigenvalue weighted by atomic mass is 127. The summed E-state index contributed by atoms with van der Waals surface area (Å²) in [4.78, 5) is 0. The first kappa shape index (κ1) is 29.7. The molecule has 2 rings (SSSR count). The van der Waals surface area contributed by atoms with Crippen LogP contribution in [0.1, 0.15) is 97.8 Å². The van der Waals surface area contributed by atoms with E-state index in [0.717, 1.165) is 26.6 Å². The van der Waals surface area contributed by atoms with Crippen molar-refractivity contribution < 1.29 is 51.9 Å². The minimum absolute atomic E-state index is 0.0345. The summed E-state index contributed by atoms with van der Waals surface area (Å²) in [5, 5.41) is 0. The summed E-state index contributed by atoms with van der Waals surface area (Å²) in [7, 11) is 0. The average molecular weight is 693 g/mol. The van der Waals surface area contributed by atoms with Crippen molar-refractivity contribution in [3.8, 4) is 11.5 Å². The molecule has 0 aliphatic carbocycles. The van der Waals surface area contributed by atoms with Gasteiger partial charge in [0.15, 0.2) is 7.14 Å². The van der Waals surface area contributed by atoms with Crippen molar-refractivity contribution in [1.82, 2.24) is 0 Å². The van der Waals surface area contributed by atoms with Crippen molar-refractivity contribution in [2.75, 3.05) is 13.2 Å². The van der Waals surface area contributed by atoms with Crippen LogP contribution in [-0.4, -0.2) is 15.1 Å². The zero-order valence-electron chi connectivity index (χ0n) is 21.7. The summed E-state index contributed by atoms with van der Waals surface area (Å²) >= 11 is 0.0690. The molecule has 34 heavy (non-hydrogen) atoms. The van der Waals surface area contributed by atoms with Crippen LogP contribution in [0.2, 0.25) is 0 Å². The third-order valence-electron chi connectivity index (χ3n) is 5.71. The topological polar surface area (TPSA) is 18.5 Å². The smallest absolute Gasteiger partial charge is 0.372 e. The lowest BCUT2D eigenvalue weighted by Gasteiger charge is -2.05. The molecule has 190 valence electrons. The minimum Gasteiger partial charge on any atom is -0.494 e. The van der Waals surface area contributed by atoms with E-state index < -0.39 is 0 Å². The molecule has 2 aromatic rings. The number of halogens is 2. The predicted molar refractivity (Wildman–Crippen MR) is 137 cm³/mol. The molecule has 0 bridgehead atoms. The van der Waals surface area contributed by atoms with Crippen LogP contribution >= 0.6 is 0 Å². The van der Waals surface area contributed by atoms with Crippen LogP contribution in [0.5, 0.6) is 11.5 Å². The van der Waals surface area contributed by atoms with Crippen molar-refractivity contribution in [2.45, 2.75) is 99.8 Å². The number of ether oxygens (including phenoxy) is 2. The molecule has 0 saturated carbocycles. The second-order valence-electron chi connectivity index (χ2n) is 8.88. The second kappa shape index (κ2) is 19.7. The summed E-state index contributed by atoms with van der Waals surface area (Å²) in [6.45, 7) is 8.67. The van der Waals surface area contributed by atoms with E-state index in [9.17, 15) is 0 Å². The molecule has 0 N–H and O–H groups in total. The Kier molecular flexibility index (Phi) is 17.2. The van der Waals surface area contributed by atoms with Crippen LogP contribution in [0.4, 0.5) is 0 Å². The maximum atomic E-state index is 5.94. The van der Waals surface area contributed by atoms with Crippen molar-refractivity contribution in [3.63, 3.8) is 0 Å². The second-order valence-corrected chi connectivity index (χ2v) is 18.7. The molecule has 2 aromatic carbocycles. The van der Waals surface area contributed by atoms with E-state index in [1.54, 1.807) is 0 Å². The lowest BCUT2D eigenvalue weighted by atomic mass is 10.1. The van der Waals surface area contributed by atoms with Crippen LogP contribution in [0.25, 0.3) is 0 Å². The van der Waals surface area contributed by atoms with Gasteiger partial charge >= 0.3 is 44.3 Å². The van der Waals surface area contributed by atoms with Crippen molar-refractivity contribution in [1.29, 1.82) is 0 Å². The molecule has 0 aliphatic heterocycles. The Morgan fingerprint density at radius 1 is 0.529 bits per heavy atom. The van der Waals surface area contributed by atoms with Crippen molar-refractivity contribution in [2.24, 2.45) is 0 Å². The first-order valence-electron chi connectivity index (χ1n) is 13.4. The summed E-state index contributed by atoms with van der Waals surface area (Å²) in [6, 6.07) is 17.9. The molecular weight excluding hydrogens is 646 g/mol. The molecule has 4 heteroatoms. The van der Waals surface area contributed by atoms with Crippen LogP contribution in [0.15, 0.2) is 48.5 Å². The molecule has 2 nitrogen and oxygen atoms in total. The number of benzene rings is 2. The standard InChI is InChI=1S/C30H46I2O2/c1-4-6-8-10-12-14-24-33-29-20-16-27(17-21-29)31-26(3)32-28-18-22-30(23-19-28)34-25-15-13-11-9-7-5-2/h16-23,26H,4-15,24-25H2,1-3H3/q+2. The SMILES string of the molecule is CCCCCCCCOc1ccc([I+]C(C)[I+]c2ccc(OCCCCCCCC)cc2)cc1. The molecular formula is C30H46I2O2+2. The van der Waals surface area contributed by atoms with E-state index in [0.29, 0.717) is 0 Å². The van der Waals surface area contributed by atoms with Crippen LogP contribution < -0.4 is 51.9 Å². The van der Waals surface area contributed by atoms with Gasteiger partial charge in [-0.3, -0.25) is 0 Å². The van der Waals surface area contributed by atoms with Gasteiger partial charge in [0.05, 0.1) is 13.2 Å². The van der Waals surface area contributed by atoms with Gasteiger partial charge in [0.25, 0.3) is 0 Å². The summed E-state index contributed by atoms with van der Waals surface area (Å²) in [5.74, 6) is 2.06. The number of hydrogen-bond acceptors (Lipinski definition) is 2. The number of unbranched alkanes of at least 4 members (excludes halogenated alkanes) is 10. The van der Waals surface area contributed by atoms with E-state index in [-0.39, 0.29) is 42.4 Å². The monoisotopic (exact) mass is 692 g/mol. The van der Waals surface area contributed by atoms with Crippen molar-refractivity contribution >= 4 is 0 Å². The van der Waals surface area contributed by atoms with Gasteiger partial charge in [-0.1, -0.05) is 78.1 Å². The van der Waals surface area contributed by atoms with Crippen molar-refractivity contribution in [3.05, 3.63) is 55.7 Å². The van der Waals surface area contributed by atoms with Gasteiger partial charge in [0, 0.05) is 6.92 Å². The largest absolute Gasteiger partial charge is 0.494 e. The van der Waals surface area contributed by atoms with Crippen LogP contribution in [0.3, 0.4) is 0 Å². The molecule has 0 saturated heterocycles. The molecule has 0 unspecified atom stereocenters. The summed E-state index contributed by atoms with van der Waals surface area (Å²) in [5.41, 5.74) is 0. The maximum Gasteiger partial charge on any atom is 0.372 e. The Balaban J connectivity index is 1.61. The zero-order valence-corrected chi connectivity index (χ0v) is 26.0.